The first-order chi connectivity index (χ1) is 15.3. The predicted molar refractivity (Wildman–Crippen MR) is 139 cm³/mol. The van der Waals surface area contributed by atoms with Crippen molar-refractivity contribution < 1.29 is 4.74 Å². The lowest BCUT2D eigenvalue weighted by atomic mass is 10.2. The summed E-state index contributed by atoms with van der Waals surface area (Å²) in [5.74, 6) is 0.998. The van der Waals surface area contributed by atoms with Crippen LogP contribution in [-0.4, -0.2) is 19.4 Å². The highest BCUT2D eigenvalue weighted by molar-refractivity contribution is 7.76. The molecule has 0 aliphatic heterocycles. The normalized spacial score (nSPS) is 12.8. The predicted octanol–water partition coefficient (Wildman–Crippen LogP) is 5.57. The van der Waals surface area contributed by atoms with Gasteiger partial charge in [0.15, 0.2) is 0 Å². The zero-order valence-electron chi connectivity index (χ0n) is 18.1. The van der Waals surface area contributed by atoms with Gasteiger partial charge in [-0.1, -0.05) is 103 Å². The standard InChI is InChI=1S/C28H28OP2/c1-23-13-9-11-19-27(23)30(24-14-5-3-6-15-24)21-22-31(25-16-7-4-8-17-25)28-20-12-10-18-26(28)29-2/h3-20H,21-22H2,1-2H3/t30-,31-/m1/s1. The lowest BCUT2D eigenvalue weighted by Crippen LogP contribution is -2.21. The molecule has 0 radical (unpaired) electrons. The van der Waals surface area contributed by atoms with Crippen LogP contribution in [0, 0.1) is 6.92 Å². The average molecular weight is 442 g/mol. The van der Waals surface area contributed by atoms with Crippen molar-refractivity contribution >= 4 is 37.1 Å². The van der Waals surface area contributed by atoms with Crippen LogP contribution >= 0.6 is 15.8 Å². The van der Waals surface area contributed by atoms with Gasteiger partial charge >= 0.3 is 0 Å². The molecule has 156 valence electrons. The number of hydrogen-bond acceptors (Lipinski definition) is 1. The third-order valence-electron chi connectivity index (χ3n) is 5.47. The van der Waals surface area contributed by atoms with Gasteiger partial charge in [0.1, 0.15) is 5.75 Å². The minimum Gasteiger partial charge on any atom is -0.496 e. The lowest BCUT2D eigenvalue weighted by molar-refractivity contribution is 0.418. The summed E-state index contributed by atoms with van der Waals surface area (Å²) in [5.41, 5.74) is 1.39. The van der Waals surface area contributed by atoms with E-state index in [1.54, 1.807) is 7.11 Å². The van der Waals surface area contributed by atoms with Gasteiger partial charge in [0.25, 0.3) is 0 Å². The lowest BCUT2D eigenvalue weighted by Gasteiger charge is -2.25. The second-order valence-corrected chi connectivity index (χ2v) is 12.0. The van der Waals surface area contributed by atoms with Crippen LogP contribution in [-0.2, 0) is 0 Å². The summed E-state index contributed by atoms with van der Waals surface area (Å²) in [7, 11) is 0.847. The maximum Gasteiger partial charge on any atom is 0.126 e. The van der Waals surface area contributed by atoms with Gasteiger partial charge in [-0.3, -0.25) is 0 Å². The summed E-state index contributed by atoms with van der Waals surface area (Å²) in [4.78, 5) is 0. The number of rotatable bonds is 8. The molecule has 2 atom stereocenters. The Bertz CT molecular complexity index is 1100. The van der Waals surface area contributed by atoms with E-state index in [1.165, 1.54) is 26.8 Å². The van der Waals surface area contributed by atoms with Gasteiger partial charge in [-0.15, -0.1) is 0 Å². The highest BCUT2D eigenvalue weighted by atomic mass is 31.1. The van der Waals surface area contributed by atoms with Gasteiger partial charge in [0.2, 0.25) is 0 Å². The Morgan fingerprint density at radius 2 is 1.00 bits per heavy atom. The van der Waals surface area contributed by atoms with Crippen molar-refractivity contribution in [3.63, 3.8) is 0 Å². The molecule has 1 nitrogen and oxygen atoms in total. The van der Waals surface area contributed by atoms with E-state index in [0.717, 1.165) is 18.1 Å². The molecule has 31 heavy (non-hydrogen) atoms. The van der Waals surface area contributed by atoms with Crippen LogP contribution < -0.4 is 26.0 Å². The van der Waals surface area contributed by atoms with Crippen molar-refractivity contribution in [3.8, 4) is 5.75 Å². The molecule has 4 rings (SSSR count). The molecule has 0 spiro atoms. The molecule has 0 fully saturated rings. The van der Waals surface area contributed by atoms with Gasteiger partial charge in [0.05, 0.1) is 7.11 Å². The van der Waals surface area contributed by atoms with Crippen molar-refractivity contribution in [2.45, 2.75) is 6.92 Å². The van der Waals surface area contributed by atoms with Gasteiger partial charge in [0, 0.05) is 5.30 Å². The van der Waals surface area contributed by atoms with E-state index in [9.17, 15) is 0 Å². The summed E-state index contributed by atoms with van der Waals surface area (Å²) in [5, 5.41) is 5.69. The smallest absolute Gasteiger partial charge is 0.126 e. The largest absolute Gasteiger partial charge is 0.496 e. The van der Waals surface area contributed by atoms with Gasteiger partial charge < -0.3 is 4.74 Å². The zero-order valence-corrected chi connectivity index (χ0v) is 19.9. The Morgan fingerprint density at radius 1 is 0.548 bits per heavy atom. The third-order valence-corrected chi connectivity index (χ3v) is 11.0. The molecule has 0 bridgehead atoms. The first kappa shape index (κ1) is 21.8. The quantitative estimate of drug-likeness (QED) is 0.324. The second-order valence-electron chi connectivity index (χ2n) is 7.43. The van der Waals surface area contributed by atoms with Crippen molar-refractivity contribution in [1.82, 2.24) is 0 Å². The maximum absolute atomic E-state index is 5.76. The van der Waals surface area contributed by atoms with Crippen LogP contribution in [0.15, 0.2) is 109 Å². The summed E-state index contributed by atoms with van der Waals surface area (Å²) >= 11 is 0. The fraction of sp³-hybridized carbons (Fsp3) is 0.143. The number of methoxy groups -OCH3 is 1. The van der Waals surface area contributed by atoms with Crippen LogP contribution in [0.5, 0.6) is 5.75 Å². The fourth-order valence-corrected chi connectivity index (χ4v) is 9.59. The summed E-state index contributed by atoms with van der Waals surface area (Å²) in [6.07, 6.45) is 2.29. The Kier molecular flexibility index (Phi) is 7.52. The van der Waals surface area contributed by atoms with E-state index in [-0.39, 0.29) is 0 Å². The number of para-hydroxylation sites is 1. The molecule has 0 saturated carbocycles. The molecule has 4 aromatic rings. The molecule has 0 heterocycles. The van der Waals surface area contributed by atoms with Crippen LogP contribution in [0.3, 0.4) is 0 Å². The van der Waals surface area contributed by atoms with E-state index in [1.807, 2.05) is 0 Å². The van der Waals surface area contributed by atoms with Gasteiger partial charge in [-0.25, -0.2) is 0 Å². The first-order valence-electron chi connectivity index (χ1n) is 10.6. The minimum absolute atomic E-state index is 0.423. The monoisotopic (exact) mass is 442 g/mol. The van der Waals surface area contributed by atoms with E-state index in [0.29, 0.717) is 0 Å². The summed E-state index contributed by atoms with van der Waals surface area (Å²) in [6.45, 7) is 2.24. The molecule has 0 amide bonds. The van der Waals surface area contributed by atoms with Crippen molar-refractivity contribution in [2.24, 2.45) is 0 Å². The number of aryl methyl sites for hydroxylation is 1. The summed E-state index contributed by atoms with van der Waals surface area (Å²) < 4.78 is 5.76. The molecule has 0 saturated heterocycles. The highest BCUT2D eigenvalue weighted by Gasteiger charge is 2.22. The van der Waals surface area contributed by atoms with Crippen molar-refractivity contribution in [1.29, 1.82) is 0 Å². The third kappa shape index (κ3) is 5.24. The van der Waals surface area contributed by atoms with Crippen LogP contribution in [0.2, 0.25) is 0 Å². The molecular weight excluding hydrogens is 414 g/mol. The summed E-state index contributed by atoms with van der Waals surface area (Å²) in [6, 6.07) is 39.4. The average Bonchev–Trinajstić information content (AvgIpc) is 2.84. The molecule has 4 aromatic carbocycles. The van der Waals surface area contributed by atoms with Gasteiger partial charge in [-0.2, -0.15) is 0 Å². The van der Waals surface area contributed by atoms with E-state index >= 15 is 0 Å². The fourth-order valence-electron chi connectivity index (χ4n) is 3.91. The van der Waals surface area contributed by atoms with E-state index in [2.05, 4.69) is 116 Å². The molecule has 0 aliphatic carbocycles. The molecule has 0 N–H and O–H groups in total. The molecule has 0 unspecified atom stereocenters. The van der Waals surface area contributed by atoms with Crippen molar-refractivity contribution in [2.75, 3.05) is 19.4 Å². The number of hydrogen-bond donors (Lipinski definition) is 0. The molecule has 0 aromatic heterocycles. The molecular formula is C28H28OP2. The Labute approximate surface area is 188 Å². The SMILES string of the molecule is COc1ccccc1[P@](CC[P@](c1ccccc1)c1ccccc1C)c1ccccc1. The number of benzene rings is 4. The highest BCUT2D eigenvalue weighted by Crippen LogP contribution is 2.43. The first-order valence-corrected chi connectivity index (χ1v) is 13.7. The van der Waals surface area contributed by atoms with E-state index in [4.69, 9.17) is 4.74 Å². The molecule has 0 aliphatic rings. The second kappa shape index (κ2) is 10.7. The van der Waals surface area contributed by atoms with Crippen LogP contribution in [0.4, 0.5) is 0 Å². The van der Waals surface area contributed by atoms with Crippen molar-refractivity contribution in [3.05, 3.63) is 115 Å². The zero-order chi connectivity index (χ0) is 21.5. The topological polar surface area (TPSA) is 9.23 Å². The Balaban J connectivity index is 1.71. The van der Waals surface area contributed by atoms with Crippen LogP contribution in [0.25, 0.3) is 0 Å². The maximum atomic E-state index is 5.76. The number of ether oxygens (including phenoxy) is 1. The Hall–Kier alpha value is -2.46. The minimum atomic E-state index is -0.509. The molecule has 3 heteroatoms. The van der Waals surface area contributed by atoms with E-state index < -0.39 is 15.8 Å². The Morgan fingerprint density at radius 3 is 1.55 bits per heavy atom. The van der Waals surface area contributed by atoms with Gasteiger partial charge in [-0.05, 0) is 62.6 Å². The van der Waals surface area contributed by atoms with Crippen LogP contribution in [0.1, 0.15) is 5.56 Å².